The molecule has 0 saturated carbocycles. The second kappa shape index (κ2) is 5.48. The van der Waals surface area contributed by atoms with Crippen molar-refractivity contribution < 1.29 is 0 Å². The van der Waals surface area contributed by atoms with Crippen molar-refractivity contribution in [3.8, 4) is 0 Å². The van der Waals surface area contributed by atoms with Crippen LogP contribution in [0.5, 0.6) is 0 Å². The van der Waals surface area contributed by atoms with Crippen LogP contribution < -0.4 is 5.32 Å². The molecular formula is C13H23N3. The number of nitrogens with zero attached hydrogens (tertiary/aromatic N) is 1. The Kier molecular flexibility index (Phi) is 3.99. The molecule has 2 rings (SSSR count). The summed E-state index contributed by atoms with van der Waals surface area (Å²) < 4.78 is 0. The molecule has 1 aromatic heterocycles. The van der Waals surface area contributed by atoms with Crippen molar-refractivity contribution in [1.82, 2.24) is 15.5 Å². The van der Waals surface area contributed by atoms with Gasteiger partial charge in [0.1, 0.15) is 0 Å². The van der Waals surface area contributed by atoms with Crippen LogP contribution in [0.15, 0.2) is 6.20 Å². The van der Waals surface area contributed by atoms with Crippen molar-refractivity contribution in [1.29, 1.82) is 0 Å². The van der Waals surface area contributed by atoms with E-state index < -0.39 is 0 Å². The molecule has 2 N–H and O–H groups in total. The van der Waals surface area contributed by atoms with Crippen molar-refractivity contribution in [2.24, 2.45) is 0 Å². The highest BCUT2D eigenvalue weighted by Gasteiger charge is 2.21. The van der Waals surface area contributed by atoms with E-state index >= 15 is 0 Å². The molecule has 0 bridgehead atoms. The summed E-state index contributed by atoms with van der Waals surface area (Å²) in [7, 11) is 0. The molecule has 0 amide bonds. The third kappa shape index (κ3) is 2.64. The summed E-state index contributed by atoms with van der Waals surface area (Å²) in [6, 6.07) is 1.35. The van der Waals surface area contributed by atoms with Gasteiger partial charge in [-0.15, -0.1) is 0 Å². The summed E-state index contributed by atoms with van der Waals surface area (Å²) in [5, 5.41) is 11.0. The fourth-order valence-electron chi connectivity index (χ4n) is 2.65. The number of hydrogen-bond donors (Lipinski definition) is 2. The maximum absolute atomic E-state index is 4.12. The second-order valence-corrected chi connectivity index (χ2v) is 4.87. The molecule has 0 aromatic carbocycles. The van der Waals surface area contributed by atoms with Crippen LogP contribution >= 0.6 is 0 Å². The molecule has 1 heterocycles. The van der Waals surface area contributed by atoms with Gasteiger partial charge in [0.15, 0.2) is 0 Å². The highest BCUT2D eigenvalue weighted by atomic mass is 15.1. The van der Waals surface area contributed by atoms with Gasteiger partial charge in [-0.1, -0.05) is 20.3 Å². The number of nitrogens with one attached hydrogen (secondary N) is 2. The average Bonchev–Trinajstić information content (AvgIpc) is 2.75. The van der Waals surface area contributed by atoms with Gasteiger partial charge in [0.2, 0.25) is 0 Å². The van der Waals surface area contributed by atoms with E-state index in [1.165, 1.54) is 36.9 Å². The third-order valence-electron chi connectivity index (χ3n) is 3.62. The van der Waals surface area contributed by atoms with Gasteiger partial charge in [0.25, 0.3) is 0 Å². The van der Waals surface area contributed by atoms with Crippen molar-refractivity contribution in [3.63, 3.8) is 0 Å². The van der Waals surface area contributed by atoms with E-state index in [4.69, 9.17) is 0 Å². The zero-order valence-electron chi connectivity index (χ0n) is 10.4. The van der Waals surface area contributed by atoms with Gasteiger partial charge in [-0.25, -0.2) is 0 Å². The van der Waals surface area contributed by atoms with E-state index in [2.05, 4.69) is 29.4 Å². The third-order valence-corrected chi connectivity index (χ3v) is 3.62. The highest BCUT2D eigenvalue weighted by molar-refractivity contribution is 5.21. The lowest BCUT2D eigenvalue weighted by Gasteiger charge is -2.27. The molecule has 90 valence electrons. The SMILES string of the molecule is CCCC(CC)NC1CCc2[nH]ncc2C1. The standard InChI is InChI=1S/C13H23N3/c1-3-5-11(4-2)15-12-6-7-13-10(8-12)9-14-16-13/h9,11-12,15H,3-8H2,1-2H3,(H,14,16). The lowest BCUT2D eigenvalue weighted by molar-refractivity contribution is 0.368. The van der Waals surface area contributed by atoms with Crippen molar-refractivity contribution in [2.45, 2.75) is 64.5 Å². The van der Waals surface area contributed by atoms with E-state index in [0.717, 1.165) is 12.8 Å². The molecule has 2 unspecified atom stereocenters. The Labute approximate surface area is 98.0 Å². The first-order valence-corrected chi connectivity index (χ1v) is 6.60. The van der Waals surface area contributed by atoms with Crippen LogP contribution in [0.2, 0.25) is 0 Å². The number of fused-ring (bicyclic) bond motifs is 1. The molecule has 3 nitrogen and oxygen atoms in total. The number of H-pyrrole nitrogens is 1. The average molecular weight is 221 g/mol. The summed E-state index contributed by atoms with van der Waals surface area (Å²) in [6.45, 7) is 4.54. The molecule has 16 heavy (non-hydrogen) atoms. The quantitative estimate of drug-likeness (QED) is 0.801. The van der Waals surface area contributed by atoms with Crippen molar-refractivity contribution in [3.05, 3.63) is 17.5 Å². The van der Waals surface area contributed by atoms with Gasteiger partial charge in [-0.05, 0) is 37.7 Å². The molecule has 1 aliphatic rings. The van der Waals surface area contributed by atoms with Gasteiger partial charge in [-0.3, -0.25) is 5.10 Å². The molecule has 3 heteroatoms. The number of aromatic nitrogens is 2. The van der Waals surface area contributed by atoms with Crippen LogP contribution in [0.3, 0.4) is 0 Å². The van der Waals surface area contributed by atoms with Gasteiger partial charge in [0, 0.05) is 17.8 Å². The Morgan fingerprint density at radius 1 is 1.56 bits per heavy atom. The van der Waals surface area contributed by atoms with Crippen molar-refractivity contribution in [2.75, 3.05) is 0 Å². The summed E-state index contributed by atoms with van der Waals surface area (Å²) in [5.74, 6) is 0. The van der Waals surface area contributed by atoms with E-state index in [1.54, 1.807) is 0 Å². The van der Waals surface area contributed by atoms with Crippen molar-refractivity contribution >= 4 is 0 Å². The van der Waals surface area contributed by atoms with Crippen LogP contribution in [-0.4, -0.2) is 22.3 Å². The summed E-state index contributed by atoms with van der Waals surface area (Å²) in [5.41, 5.74) is 2.76. The topological polar surface area (TPSA) is 40.7 Å². The second-order valence-electron chi connectivity index (χ2n) is 4.87. The Bertz CT molecular complexity index is 319. The summed E-state index contributed by atoms with van der Waals surface area (Å²) >= 11 is 0. The Hall–Kier alpha value is -0.830. The molecule has 0 fully saturated rings. The minimum Gasteiger partial charge on any atom is -0.311 e. The van der Waals surface area contributed by atoms with Gasteiger partial charge in [0.05, 0.1) is 6.20 Å². The van der Waals surface area contributed by atoms with Crippen LogP contribution in [0, 0.1) is 0 Å². The molecule has 0 spiro atoms. The van der Waals surface area contributed by atoms with Gasteiger partial charge < -0.3 is 5.32 Å². The lowest BCUT2D eigenvalue weighted by Crippen LogP contribution is -2.41. The predicted octanol–water partition coefficient (Wildman–Crippen LogP) is 2.44. The van der Waals surface area contributed by atoms with Gasteiger partial charge in [-0.2, -0.15) is 5.10 Å². The van der Waals surface area contributed by atoms with E-state index in [1.807, 2.05) is 6.20 Å². The smallest absolute Gasteiger partial charge is 0.0522 e. The molecule has 1 aromatic rings. The van der Waals surface area contributed by atoms with Crippen LogP contribution in [-0.2, 0) is 12.8 Å². The number of aromatic amines is 1. The maximum atomic E-state index is 4.12. The number of hydrogen-bond acceptors (Lipinski definition) is 2. The Morgan fingerprint density at radius 2 is 2.44 bits per heavy atom. The first-order chi connectivity index (χ1) is 7.83. The summed E-state index contributed by atoms with van der Waals surface area (Å²) in [4.78, 5) is 0. The van der Waals surface area contributed by atoms with Crippen LogP contribution in [0.25, 0.3) is 0 Å². The normalized spacial score (nSPS) is 21.8. The van der Waals surface area contributed by atoms with E-state index in [9.17, 15) is 0 Å². The number of aryl methyl sites for hydroxylation is 1. The fraction of sp³-hybridized carbons (Fsp3) is 0.769. The molecule has 1 aliphatic carbocycles. The molecule has 0 radical (unpaired) electrons. The Morgan fingerprint density at radius 3 is 3.19 bits per heavy atom. The summed E-state index contributed by atoms with van der Waals surface area (Å²) in [6.07, 6.45) is 9.34. The minimum absolute atomic E-state index is 0.654. The zero-order valence-corrected chi connectivity index (χ0v) is 10.4. The molecule has 0 saturated heterocycles. The minimum atomic E-state index is 0.654. The Balaban J connectivity index is 1.88. The van der Waals surface area contributed by atoms with E-state index in [-0.39, 0.29) is 0 Å². The predicted molar refractivity (Wildman–Crippen MR) is 66.5 cm³/mol. The van der Waals surface area contributed by atoms with Crippen LogP contribution in [0.1, 0.15) is 50.8 Å². The highest BCUT2D eigenvalue weighted by Crippen LogP contribution is 2.19. The zero-order chi connectivity index (χ0) is 11.4. The molecule has 2 atom stereocenters. The van der Waals surface area contributed by atoms with E-state index in [0.29, 0.717) is 12.1 Å². The van der Waals surface area contributed by atoms with Crippen LogP contribution in [0.4, 0.5) is 0 Å². The maximum Gasteiger partial charge on any atom is 0.0522 e. The molecular weight excluding hydrogens is 198 g/mol. The van der Waals surface area contributed by atoms with Gasteiger partial charge >= 0.3 is 0 Å². The first-order valence-electron chi connectivity index (χ1n) is 6.60. The lowest BCUT2D eigenvalue weighted by atomic mass is 9.92. The first kappa shape index (κ1) is 11.6. The number of rotatable bonds is 5. The monoisotopic (exact) mass is 221 g/mol. The fourth-order valence-corrected chi connectivity index (χ4v) is 2.65. The molecule has 0 aliphatic heterocycles. The largest absolute Gasteiger partial charge is 0.311 e.